The molecule has 0 aromatic heterocycles. The Labute approximate surface area is 133 Å². The van der Waals surface area contributed by atoms with Crippen molar-refractivity contribution in [1.82, 2.24) is 15.1 Å². The monoisotopic (exact) mass is 301 g/mol. The molecule has 2 aliphatic rings. The van der Waals surface area contributed by atoms with Gasteiger partial charge in [0.2, 0.25) is 0 Å². The summed E-state index contributed by atoms with van der Waals surface area (Å²) in [6.07, 6.45) is 5.12. The van der Waals surface area contributed by atoms with E-state index in [0.29, 0.717) is 12.6 Å². The Morgan fingerprint density at radius 3 is 2.59 bits per heavy atom. The minimum atomic E-state index is 0.0834. The Morgan fingerprint density at radius 2 is 1.86 bits per heavy atom. The lowest BCUT2D eigenvalue weighted by atomic mass is 10.1. The maximum Gasteiger partial charge on any atom is 0.317 e. The molecule has 2 amide bonds. The van der Waals surface area contributed by atoms with Gasteiger partial charge >= 0.3 is 6.03 Å². The maximum absolute atomic E-state index is 12.3. The number of carbonyl (C=O) groups is 1. The molecule has 1 atom stereocenters. The summed E-state index contributed by atoms with van der Waals surface area (Å²) in [7, 11) is 0. The summed E-state index contributed by atoms with van der Waals surface area (Å²) in [5.41, 5.74) is 2.41. The van der Waals surface area contributed by atoms with Gasteiger partial charge in [-0.05, 0) is 44.8 Å². The number of rotatable bonds is 3. The normalized spacial score (nSPS) is 22.8. The van der Waals surface area contributed by atoms with Crippen LogP contribution in [-0.4, -0.2) is 48.1 Å². The van der Waals surface area contributed by atoms with E-state index in [0.717, 1.165) is 25.1 Å². The zero-order valence-electron chi connectivity index (χ0n) is 13.6. The molecule has 2 heterocycles. The van der Waals surface area contributed by atoms with Crippen LogP contribution in [0.3, 0.4) is 0 Å². The van der Waals surface area contributed by atoms with Crippen LogP contribution < -0.4 is 5.32 Å². The van der Waals surface area contributed by atoms with Gasteiger partial charge in [-0.3, -0.25) is 4.90 Å². The van der Waals surface area contributed by atoms with E-state index in [1.54, 1.807) is 0 Å². The first-order chi connectivity index (χ1) is 10.7. The van der Waals surface area contributed by atoms with Crippen LogP contribution in [0.5, 0.6) is 0 Å². The van der Waals surface area contributed by atoms with E-state index in [-0.39, 0.29) is 6.03 Å². The second-order valence-electron chi connectivity index (χ2n) is 6.63. The zero-order chi connectivity index (χ0) is 15.4. The summed E-state index contributed by atoms with van der Waals surface area (Å²) in [6, 6.07) is 8.99. The number of aryl methyl sites for hydroxylation is 1. The van der Waals surface area contributed by atoms with E-state index in [2.05, 4.69) is 41.4 Å². The van der Waals surface area contributed by atoms with E-state index in [1.807, 2.05) is 4.90 Å². The lowest BCUT2D eigenvalue weighted by Gasteiger charge is -2.32. The molecule has 120 valence electrons. The summed E-state index contributed by atoms with van der Waals surface area (Å²) in [5.74, 6) is 0. The van der Waals surface area contributed by atoms with Crippen LogP contribution in [0, 0.1) is 6.92 Å². The predicted octanol–water partition coefficient (Wildman–Crippen LogP) is 2.76. The molecule has 3 rings (SSSR count). The van der Waals surface area contributed by atoms with Crippen molar-refractivity contribution in [2.75, 3.05) is 26.2 Å². The minimum Gasteiger partial charge on any atom is -0.334 e. The Morgan fingerprint density at radius 1 is 1.14 bits per heavy atom. The second-order valence-corrected chi connectivity index (χ2v) is 6.63. The van der Waals surface area contributed by atoms with Crippen molar-refractivity contribution < 1.29 is 4.79 Å². The average molecular weight is 301 g/mol. The summed E-state index contributed by atoms with van der Waals surface area (Å²) >= 11 is 0. The third kappa shape index (κ3) is 3.80. The fourth-order valence-electron chi connectivity index (χ4n) is 3.50. The van der Waals surface area contributed by atoms with Gasteiger partial charge in [-0.2, -0.15) is 0 Å². The van der Waals surface area contributed by atoms with Crippen molar-refractivity contribution in [3.63, 3.8) is 0 Å². The molecule has 2 saturated heterocycles. The third-order valence-electron chi connectivity index (χ3n) is 4.92. The Bertz CT molecular complexity index is 494. The van der Waals surface area contributed by atoms with Gasteiger partial charge in [-0.15, -0.1) is 0 Å². The van der Waals surface area contributed by atoms with Gasteiger partial charge in [0, 0.05) is 25.7 Å². The van der Waals surface area contributed by atoms with Crippen LogP contribution >= 0.6 is 0 Å². The molecule has 0 bridgehead atoms. The van der Waals surface area contributed by atoms with E-state index in [4.69, 9.17) is 0 Å². The lowest BCUT2D eigenvalue weighted by molar-refractivity contribution is 0.161. The largest absolute Gasteiger partial charge is 0.334 e. The van der Waals surface area contributed by atoms with Gasteiger partial charge in [-0.1, -0.05) is 36.2 Å². The quantitative estimate of drug-likeness (QED) is 0.932. The van der Waals surface area contributed by atoms with Crippen molar-refractivity contribution in [2.45, 2.75) is 45.2 Å². The number of nitrogens with one attached hydrogen (secondary N) is 1. The van der Waals surface area contributed by atoms with Crippen molar-refractivity contribution in [1.29, 1.82) is 0 Å². The summed E-state index contributed by atoms with van der Waals surface area (Å²) < 4.78 is 0. The highest BCUT2D eigenvalue weighted by atomic mass is 16.2. The first kappa shape index (κ1) is 15.3. The fourth-order valence-corrected chi connectivity index (χ4v) is 3.50. The predicted molar refractivity (Wildman–Crippen MR) is 88.8 cm³/mol. The minimum absolute atomic E-state index is 0.0834. The molecule has 0 unspecified atom stereocenters. The molecule has 1 N–H and O–H groups in total. The van der Waals surface area contributed by atoms with Gasteiger partial charge in [0.25, 0.3) is 0 Å². The molecule has 1 aromatic rings. The molecule has 0 aliphatic carbocycles. The van der Waals surface area contributed by atoms with Gasteiger partial charge in [-0.25, -0.2) is 4.79 Å². The molecule has 4 heteroatoms. The number of likely N-dealkylation sites (tertiary alicyclic amines) is 2. The number of carbonyl (C=O) groups excluding carboxylic acids is 1. The van der Waals surface area contributed by atoms with Gasteiger partial charge in [0.1, 0.15) is 0 Å². The number of urea groups is 1. The summed E-state index contributed by atoms with van der Waals surface area (Å²) in [6.45, 7) is 6.89. The van der Waals surface area contributed by atoms with Crippen molar-refractivity contribution in [2.24, 2.45) is 0 Å². The van der Waals surface area contributed by atoms with E-state index >= 15 is 0 Å². The highest BCUT2D eigenvalue weighted by Gasteiger charge is 2.30. The van der Waals surface area contributed by atoms with Crippen LogP contribution in [0.15, 0.2) is 24.3 Å². The molecule has 1 aromatic carbocycles. The molecule has 22 heavy (non-hydrogen) atoms. The number of hydrogen-bond donors (Lipinski definition) is 1. The Hall–Kier alpha value is -1.55. The number of amides is 2. The van der Waals surface area contributed by atoms with Crippen molar-refractivity contribution >= 4 is 6.03 Å². The smallest absolute Gasteiger partial charge is 0.317 e. The van der Waals surface area contributed by atoms with Crippen LogP contribution in [-0.2, 0) is 6.54 Å². The van der Waals surface area contributed by atoms with Crippen LogP contribution in [0.2, 0.25) is 0 Å². The lowest BCUT2D eigenvalue weighted by Crippen LogP contribution is -2.43. The second kappa shape index (κ2) is 7.14. The number of piperidine rings is 1. The summed E-state index contributed by atoms with van der Waals surface area (Å²) in [4.78, 5) is 16.9. The van der Waals surface area contributed by atoms with Crippen molar-refractivity contribution in [3.05, 3.63) is 35.4 Å². The van der Waals surface area contributed by atoms with E-state index in [9.17, 15) is 4.79 Å². The van der Waals surface area contributed by atoms with Crippen LogP contribution in [0.4, 0.5) is 4.79 Å². The van der Waals surface area contributed by atoms with Crippen LogP contribution in [0.25, 0.3) is 0 Å². The first-order valence-electron chi connectivity index (χ1n) is 8.55. The Balaban J connectivity index is 1.45. The standard InChI is InChI=1S/C18H27N3O/c1-15-5-7-16(8-6-15)13-19-18(22)21-12-9-17(14-21)20-10-3-2-4-11-20/h5-8,17H,2-4,9-14H2,1H3,(H,19,22)/t17-/m1/s1. The molecular weight excluding hydrogens is 274 g/mol. The molecule has 2 fully saturated rings. The van der Waals surface area contributed by atoms with Crippen molar-refractivity contribution in [3.8, 4) is 0 Å². The van der Waals surface area contributed by atoms with Gasteiger partial charge in [0.15, 0.2) is 0 Å². The molecular formula is C18H27N3O. The molecule has 0 saturated carbocycles. The number of hydrogen-bond acceptors (Lipinski definition) is 2. The third-order valence-corrected chi connectivity index (χ3v) is 4.92. The molecule has 0 spiro atoms. The molecule has 2 aliphatic heterocycles. The van der Waals surface area contributed by atoms with Gasteiger partial charge < -0.3 is 10.2 Å². The Kier molecular flexibility index (Phi) is 4.98. The topological polar surface area (TPSA) is 35.6 Å². The first-order valence-corrected chi connectivity index (χ1v) is 8.55. The van der Waals surface area contributed by atoms with Gasteiger partial charge in [0.05, 0.1) is 0 Å². The fraction of sp³-hybridized carbons (Fsp3) is 0.611. The SMILES string of the molecule is Cc1ccc(CNC(=O)N2CC[C@@H](N3CCCCC3)C2)cc1. The molecule has 0 radical (unpaired) electrons. The van der Waals surface area contributed by atoms with E-state index in [1.165, 1.54) is 37.9 Å². The maximum atomic E-state index is 12.3. The number of benzene rings is 1. The van der Waals surface area contributed by atoms with E-state index < -0.39 is 0 Å². The highest BCUT2D eigenvalue weighted by molar-refractivity contribution is 5.74. The number of nitrogens with zero attached hydrogens (tertiary/aromatic N) is 2. The average Bonchev–Trinajstić information content (AvgIpc) is 3.05. The zero-order valence-corrected chi connectivity index (χ0v) is 13.6. The van der Waals surface area contributed by atoms with Crippen LogP contribution in [0.1, 0.15) is 36.8 Å². The highest BCUT2D eigenvalue weighted by Crippen LogP contribution is 2.20. The summed E-state index contributed by atoms with van der Waals surface area (Å²) in [5, 5.41) is 3.05. The molecule has 4 nitrogen and oxygen atoms in total.